The summed E-state index contributed by atoms with van der Waals surface area (Å²) in [5.41, 5.74) is 1.15. The fourth-order valence-corrected chi connectivity index (χ4v) is 2.44. The number of phenolic OH excluding ortho intramolecular Hbond substituents is 1. The summed E-state index contributed by atoms with van der Waals surface area (Å²) in [6, 6.07) is 9.51. The molecule has 0 amide bonds. The third-order valence-corrected chi connectivity index (χ3v) is 3.31. The third-order valence-electron chi connectivity index (χ3n) is 3.31. The Morgan fingerprint density at radius 1 is 0.950 bits per heavy atom. The quantitative estimate of drug-likeness (QED) is 0.775. The number of carbonyl (C=O) groups is 2. The predicted octanol–water partition coefficient (Wildman–Crippen LogP) is 2.57. The maximum absolute atomic E-state index is 12.6. The summed E-state index contributed by atoms with van der Waals surface area (Å²) in [6.07, 6.45) is 0. The standard InChI is InChI=1S/C16H12O4/c1-2-20-16-12(17)8-7-11-13(16)15(19)10-6-4-3-5-9(10)14(11)18/h3-8,17H,2H2,1H3. The fraction of sp³-hybridized carbons (Fsp3) is 0.125. The molecule has 2 aromatic rings. The Kier molecular flexibility index (Phi) is 2.79. The van der Waals surface area contributed by atoms with Crippen LogP contribution in [0.2, 0.25) is 0 Å². The van der Waals surface area contributed by atoms with Crippen LogP contribution in [-0.2, 0) is 0 Å². The van der Waals surface area contributed by atoms with E-state index in [2.05, 4.69) is 0 Å². The van der Waals surface area contributed by atoms with Gasteiger partial charge in [-0.2, -0.15) is 0 Å². The Hall–Kier alpha value is -2.62. The molecule has 0 heterocycles. The van der Waals surface area contributed by atoms with Gasteiger partial charge in [0.15, 0.2) is 23.1 Å². The van der Waals surface area contributed by atoms with E-state index in [0.717, 1.165) is 0 Å². The van der Waals surface area contributed by atoms with Crippen molar-refractivity contribution in [2.24, 2.45) is 0 Å². The van der Waals surface area contributed by atoms with Crippen LogP contribution in [0.1, 0.15) is 38.8 Å². The van der Waals surface area contributed by atoms with E-state index in [0.29, 0.717) is 17.7 Å². The highest BCUT2D eigenvalue weighted by Gasteiger charge is 2.33. The minimum atomic E-state index is -0.297. The van der Waals surface area contributed by atoms with Gasteiger partial charge in [-0.3, -0.25) is 9.59 Å². The number of fused-ring (bicyclic) bond motifs is 2. The van der Waals surface area contributed by atoms with Crippen LogP contribution in [0, 0.1) is 0 Å². The van der Waals surface area contributed by atoms with Gasteiger partial charge < -0.3 is 9.84 Å². The summed E-state index contributed by atoms with van der Waals surface area (Å²) in [5.74, 6) is -0.574. The van der Waals surface area contributed by atoms with Crippen molar-refractivity contribution in [3.63, 3.8) is 0 Å². The maximum Gasteiger partial charge on any atom is 0.198 e. The molecule has 1 N–H and O–H groups in total. The zero-order chi connectivity index (χ0) is 14.3. The molecule has 0 aliphatic heterocycles. The molecule has 0 fully saturated rings. The van der Waals surface area contributed by atoms with Crippen LogP contribution in [0.3, 0.4) is 0 Å². The Morgan fingerprint density at radius 2 is 1.60 bits per heavy atom. The van der Waals surface area contributed by atoms with Crippen molar-refractivity contribution in [3.05, 3.63) is 58.7 Å². The van der Waals surface area contributed by atoms with Gasteiger partial charge in [0.2, 0.25) is 0 Å². The largest absolute Gasteiger partial charge is 0.504 e. The van der Waals surface area contributed by atoms with Crippen molar-refractivity contribution >= 4 is 11.6 Å². The predicted molar refractivity (Wildman–Crippen MR) is 72.6 cm³/mol. The zero-order valence-corrected chi connectivity index (χ0v) is 10.8. The van der Waals surface area contributed by atoms with Crippen LogP contribution in [0.25, 0.3) is 0 Å². The molecule has 0 spiro atoms. The van der Waals surface area contributed by atoms with E-state index in [1.807, 2.05) is 0 Å². The molecule has 3 rings (SSSR count). The number of carbonyl (C=O) groups excluding carboxylic acids is 2. The van der Waals surface area contributed by atoms with Gasteiger partial charge in [-0.1, -0.05) is 24.3 Å². The van der Waals surface area contributed by atoms with Gasteiger partial charge in [0, 0.05) is 16.7 Å². The molecule has 4 heteroatoms. The lowest BCUT2D eigenvalue weighted by atomic mass is 9.83. The molecule has 0 saturated carbocycles. The molecular formula is C16H12O4. The normalized spacial score (nSPS) is 12.8. The Balaban J connectivity index is 2.31. The second kappa shape index (κ2) is 4.49. The first kappa shape index (κ1) is 12.4. The van der Waals surface area contributed by atoms with E-state index in [4.69, 9.17) is 4.74 Å². The lowest BCUT2D eigenvalue weighted by molar-refractivity contribution is 0.0975. The first-order chi connectivity index (χ1) is 9.65. The van der Waals surface area contributed by atoms with Crippen LogP contribution >= 0.6 is 0 Å². The lowest BCUT2D eigenvalue weighted by Gasteiger charge is -2.20. The molecule has 0 unspecified atom stereocenters. The van der Waals surface area contributed by atoms with Crippen LogP contribution in [0.5, 0.6) is 11.5 Å². The first-order valence-electron chi connectivity index (χ1n) is 6.32. The molecule has 0 aromatic heterocycles. The SMILES string of the molecule is CCOc1c(O)ccc2c1C(=O)c1ccccc1C2=O. The summed E-state index contributed by atoms with van der Waals surface area (Å²) in [6.45, 7) is 2.05. The molecule has 1 aliphatic rings. The van der Waals surface area contributed by atoms with E-state index in [-0.39, 0.29) is 34.2 Å². The molecule has 0 atom stereocenters. The second-order valence-electron chi connectivity index (χ2n) is 4.47. The lowest BCUT2D eigenvalue weighted by Crippen LogP contribution is -2.21. The van der Waals surface area contributed by atoms with E-state index < -0.39 is 0 Å². The fourth-order valence-electron chi connectivity index (χ4n) is 2.44. The highest BCUT2D eigenvalue weighted by atomic mass is 16.5. The van der Waals surface area contributed by atoms with Gasteiger partial charge >= 0.3 is 0 Å². The number of hydrogen-bond donors (Lipinski definition) is 1. The molecule has 2 aromatic carbocycles. The summed E-state index contributed by atoms with van der Waals surface area (Å²) >= 11 is 0. The molecular weight excluding hydrogens is 256 g/mol. The van der Waals surface area contributed by atoms with Gasteiger partial charge in [-0.25, -0.2) is 0 Å². The molecule has 0 bridgehead atoms. The van der Waals surface area contributed by atoms with Crippen LogP contribution < -0.4 is 4.74 Å². The summed E-state index contributed by atoms with van der Waals surface area (Å²) in [7, 11) is 0. The van der Waals surface area contributed by atoms with Gasteiger partial charge in [-0.05, 0) is 19.1 Å². The number of aromatic hydroxyl groups is 1. The molecule has 1 aliphatic carbocycles. The number of phenols is 1. The number of ketones is 2. The smallest absolute Gasteiger partial charge is 0.198 e. The van der Waals surface area contributed by atoms with Gasteiger partial charge in [0.05, 0.1) is 12.2 Å². The van der Waals surface area contributed by atoms with E-state index in [9.17, 15) is 14.7 Å². The van der Waals surface area contributed by atoms with Crippen molar-refractivity contribution in [2.45, 2.75) is 6.92 Å². The minimum absolute atomic E-state index is 0.0813. The summed E-state index contributed by atoms with van der Waals surface area (Å²) < 4.78 is 5.35. The Labute approximate surface area is 115 Å². The van der Waals surface area contributed by atoms with Crippen molar-refractivity contribution in [1.82, 2.24) is 0 Å². The second-order valence-corrected chi connectivity index (χ2v) is 4.47. The van der Waals surface area contributed by atoms with Gasteiger partial charge in [0.25, 0.3) is 0 Å². The van der Waals surface area contributed by atoms with E-state index >= 15 is 0 Å². The number of rotatable bonds is 2. The third kappa shape index (κ3) is 1.61. The average molecular weight is 268 g/mol. The van der Waals surface area contributed by atoms with Crippen molar-refractivity contribution in [3.8, 4) is 11.5 Å². The van der Waals surface area contributed by atoms with Crippen molar-refractivity contribution < 1.29 is 19.4 Å². The zero-order valence-electron chi connectivity index (χ0n) is 10.8. The Morgan fingerprint density at radius 3 is 2.25 bits per heavy atom. The average Bonchev–Trinajstić information content (AvgIpc) is 2.47. The maximum atomic E-state index is 12.6. The number of hydrogen-bond acceptors (Lipinski definition) is 4. The highest BCUT2D eigenvalue weighted by Crippen LogP contribution is 2.38. The van der Waals surface area contributed by atoms with Gasteiger partial charge in [-0.15, -0.1) is 0 Å². The molecule has 0 radical (unpaired) electrons. The molecule has 20 heavy (non-hydrogen) atoms. The van der Waals surface area contributed by atoms with Crippen molar-refractivity contribution in [2.75, 3.05) is 6.61 Å². The number of benzene rings is 2. The Bertz CT molecular complexity index is 731. The topological polar surface area (TPSA) is 63.6 Å². The van der Waals surface area contributed by atoms with Crippen LogP contribution in [0.4, 0.5) is 0 Å². The monoisotopic (exact) mass is 268 g/mol. The summed E-state index contributed by atoms with van der Waals surface area (Å²) in [5, 5.41) is 9.86. The van der Waals surface area contributed by atoms with Crippen LogP contribution in [0.15, 0.2) is 36.4 Å². The number of ether oxygens (including phenoxy) is 1. The van der Waals surface area contributed by atoms with E-state index in [1.54, 1.807) is 31.2 Å². The molecule has 0 saturated heterocycles. The van der Waals surface area contributed by atoms with E-state index in [1.165, 1.54) is 12.1 Å². The van der Waals surface area contributed by atoms with Gasteiger partial charge in [0.1, 0.15) is 0 Å². The highest BCUT2D eigenvalue weighted by molar-refractivity contribution is 6.29. The summed E-state index contributed by atoms with van der Waals surface area (Å²) in [4.78, 5) is 25.0. The van der Waals surface area contributed by atoms with Crippen molar-refractivity contribution in [1.29, 1.82) is 0 Å². The minimum Gasteiger partial charge on any atom is -0.504 e. The molecule has 100 valence electrons. The molecule has 4 nitrogen and oxygen atoms in total. The first-order valence-corrected chi connectivity index (χ1v) is 6.32. The van der Waals surface area contributed by atoms with Crippen LogP contribution in [-0.4, -0.2) is 23.3 Å².